The average Bonchev–Trinajstić information content (AvgIpc) is 2.41. The van der Waals surface area contributed by atoms with Gasteiger partial charge in [-0.15, -0.1) is 0 Å². The SMILES string of the molecule is CC(C)CC1CCCC(CO)(Nc2ccccc2F)C1. The second-order valence-electron chi connectivity index (χ2n) is 6.64. The molecule has 112 valence electrons. The van der Waals surface area contributed by atoms with Crippen LogP contribution in [-0.2, 0) is 0 Å². The lowest BCUT2D eigenvalue weighted by molar-refractivity contribution is 0.135. The van der Waals surface area contributed by atoms with Crippen molar-refractivity contribution in [3.05, 3.63) is 30.1 Å². The zero-order chi connectivity index (χ0) is 14.6. The van der Waals surface area contributed by atoms with Crippen LogP contribution < -0.4 is 5.32 Å². The van der Waals surface area contributed by atoms with Gasteiger partial charge in [-0.3, -0.25) is 0 Å². The molecule has 0 saturated heterocycles. The van der Waals surface area contributed by atoms with E-state index >= 15 is 0 Å². The highest BCUT2D eigenvalue weighted by molar-refractivity contribution is 5.47. The Kier molecular flexibility index (Phi) is 5.03. The van der Waals surface area contributed by atoms with Crippen molar-refractivity contribution in [1.82, 2.24) is 0 Å². The van der Waals surface area contributed by atoms with E-state index < -0.39 is 0 Å². The van der Waals surface area contributed by atoms with E-state index in [1.165, 1.54) is 18.9 Å². The van der Waals surface area contributed by atoms with Gasteiger partial charge in [0.05, 0.1) is 17.8 Å². The summed E-state index contributed by atoms with van der Waals surface area (Å²) in [5.74, 6) is 1.05. The summed E-state index contributed by atoms with van der Waals surface area (Å²) >= 11 is 0. The maximum absolute atomic E-state index is 13.8. The van der Waals surface area contributed by atoms with Crippen LogP contribution in [-0.4, -0.2) is 17.3 Å². The number of hydrogen-bond donors (Lipinski definition) is 2. The number of aliphatic hydroxyl groups excluding tert-OH is 1. The minimum Gasteiger partial charge on any atom is -0.394 e. The third-order valence-electron chi connectivity index (χ3n) is 4.33. The Bertz CT molecular complexity index is 435. The molecule has 0 amide bonds. The van der Waals surface area contributed by atoms with Crippen LogP contribution in [0.5, 0.6) is 0 Å². The topological polar surface area (TPSA) is 32.3 Å². The molecule has 20 heavy (non-hydrogen) atoms. The van der Waals surface area contributed by atoms with Gasteiger partial charge < -0.3 is 10.4 Å². The molecule has 0 heterocycles. The molecule has 3 heteroatoms. The highest BCUT2D eigenvalue weighted by Crippen LogP contribution is 2.38. The average molecular weight is 279 g/mol. The maximum Gasteiger partial charge on any atom is 0.146 e. The minimum absolute atomic E-state index is 0.0654. The fourth-order valence-electron chi connectivity index (χ4n) is 3.50. The minimum atomic E-state index is -0.361. The lowest BCUT2D eigenvalue weighted by atomic mass is 9.73. The maximum atomic E-state index is 13.8. The van der Waals surface area contributed by atoms with Crippen LogP contribution >= 0.6 is 0 Å². The molecule has 2 N–H and O–H groups in total. The van der Waals surface area contributed by atoms with Gasteiger partial charge in [0.2, 0.25) is 0 Å². The standard InChI is InChI=1S/C17H26FNO/c1-13(2)10-14-6-5-9-17(11-14,12-20)19-16-8-4-3-7-15(16)18/h3-4,7-8,13-14,19-20H,5-6,9-12H2,1-2H3. The van der Waals surface area contributed by atoms with Crippen LogP contribution in [0.25, 0.3) is 0 Å². The van der Waals surface area contributed by atoms with E-state index in [1.54, 1.807) is 12.1 Å². The van der Waals surface area contributed by atoms with Gasteiger partial charge in [0.1, 0.15) is 5.82 Å². The summed E-state index contributed by atoms with van der Waals surface area (Å²) in [5, 5.41) is 13.2. The van der Waals surface area contributed by atoms with E-state index in [0.29, 0.717) is 17.5 Å². The van der Waals surface area contributed by atoms with Gasteiger partial charge >= 0.3 is 0 Å². The predicted molar refractivity (Wildman–Crippen MR) is 81.3 cm³/mol. The van der Waals surface area contributed by atoms with Gasteiger partial charge in [0.25, 0.3) is 0 Å². The summed E-state index contributed by atoms with van der Waals surface area (Å²) in [6, 6.07) is 6.72. The molecule has 2 nitrogen and oxygen atoms in total. The number of halogens is 1. The van der Waals surface area contributed by atoms with E-state index in [0.717, 1.165) is 19.3 Å². The fraction of sp³-hybridized carbons (Fsp3) is 0.647. The molecule has 1 aliphatic carbocycles. The summed E-state index contributed by atoms with van der Waals surface area (Å²) in [6.07, 6.45) is 5.33. The van der Waals surface area contributed by atoms with Crippen molar-refractivity contribution in [2.45, 2.75) is 51.5 Å². The molecule has 1 saturated carbocycles. The molecule has 0 bridgehead atoms. The van der Waals surface area contributed by atoms with Crippen LogP contribution in [0.2, 0.25) is 0 Å². The van der Waals surface area contributed by atoms with Crippen molar-refractivity contribution < 1.29 is 9.50 Å². The van der Waals surface area contributed by atoms with Gasteiger partial charge in [-0.1, -0.05) is 38.8 Å². The Labute approximate surface area is 121 Å². The number of nitrogens with one attached hydrogen (secondary N) is 1. The van der Waals surface area contributed by atoms with Crippen molar-refractivity contribution in [2.24, 2.45) is 11.8 Å². The molecule has 1 aromatic rings. The first-order chi connectivity index (χ1) is 9.54. The van der Waals surface area contributed by atoms with Crippen molar-refractivity contribution in [3.63, 3.8) is 0 Å². The van der Waals surface area contributed by atoms with Gasteiger partial charge in [-0.05, 0) is 43.2 Å². The van der Waals surface area contributed by atoms with E-state index in [1.807, 2.05) is 6.07 Å². The van der Waals surface area contributed by atoms with Crippen molar-refractivity contribution in [2.75, 3.05) is 11.9 Å². The van der Waals surface area contributed by atoms with E-state index in [2.05, 4.69) is 19.2 Å². The Balaban J connectivity index is 2.10. The normalized spacial score (nSPS) is 26.8. The first kappa shape index (κ1) is 15.3. The third kappa shape index (κ3) is 3.72. The monoisotopic (exact) mass is 279 g/mol. The Morgan fingerprint density at radius 2 is 2.15 bits per heavy atom. The van der Waals surface area contributed by atoms with Gasteiger partial charge in [-0.2, -0.15) is 0 Å². The molecular formula is C17H26FNO. The Morgan fingerprint density at radius 1 is 1.40 bits per heavy atom. The van der Waals surface area contributed by atoms with E-state index in [-0.39, 0.29) is 18.0 Å². The van der Waals surface area contributed by atoms with Crippen LogP contribution in [0.3, 0.4) is 0 Å². The Hall–Kier alpha value is -1.09. The molecule has 1 aliphatic rings. The van der Waals surface area contributed by atoms with Crippen LogP contribution in [0.4, 0.5) is 10.1 Å². The number of anilines is 1. The first-order valence-electron chi connectivity index (χ1n) is 7.68. The number of aliphatic hydroxyl groups is 1. The van der Waals surface area contributed by atoms with Gasteiger partial charge in [0.15, 0.2) is 0 Å². The van der Waals surface area contributed by atoms with Crippen LogP contribution in [0, 0.1) is 17.7 Å². The van der Waals surface area contributed by atoms with E-state index in [9.17, 15) is 9.50 Å². The number of benzene rings is 1. The van der Waals surface area contributed by atoms with Gasteiger partial charge in [-0.25, -0.2) is 4.39 Å². The van der Waals surface area contributed by atoms with Crippen molar-refractivity contribution in [3.8, 4) is 0 Å². The van der Waals surface area contributed by atoms with Gasteiger partial charge in [0, 0.05) is 0 Å². The molecule has 0 aliphatic heterocycles. The summed E-state index contributed by atoms with van der Waals surface area (Å²) in [6.45, 7) is 4.54. The molecule has 2 unspecified atom stereocenters. The molecule has 0 spiro atoms. The Morgan fingerprint density at radius 3 is 2.80 bits per heavy atom. The lowest BCUT2D eigenvalue weighted by Crippen LogP contribution is -2.46. The summed E-state index contributed by atoms with van der Waals surface area (Å²) in [4.78, 5) is 0. The first-order valence-corrected chi connectivity index (χ1v) is 7.68. The second-order valence-corrected chi connectivity index (χ2v) is 6.64. The number of para-hydroxylation sites is 1. The van der Waals surface area contributed by atoms with Crippen molar-refractivity contribution >= 4 is 5.69 Å². The largest absolute Gasteiger partial charge is 0.394 e. The smallest absolute Gasteiger partial charge is 0.146 e. The zero-order valence-electron chi connectivity index (χ0n) is 12.5. The molecule has 0 aromatic heterocycles. The number of hydrogen-bond acceptors (Lipinski definition) is 2. The van der Waals surface area contributed by atoms with Crippen LogP contribution in [0.15, 0.2) is 24.3 Å². The second kappa shape index (κ2) is 6.57. The predicted octanol–water partition coefficient (Wildman–Crippen LogP) is 4.21. The third-order valence-corrected chi connectivity index (χ3v) is 4.33. The van der Waals surface area contributed by atoms with E-state index in [4.69, 9.17) is 0 Å². The summed E-state index contributed by atoms with van der Waals surface area (Å²) < 4.78 is 13.8. The summed E-state index contributed by atoms with van der Waals surface area (Å²) in [7, 11) is 0. The molecule has 2 atom stereocenters. The van der Waals surface area contributed by atoms with Crippen LogP contribution in [0.1, 0.15) is 46.0 Å². The molecule has 2 rings (SSSR count). The summed E-state index contributed by atoms with van der Waals surface area (Å²) in [5.41, 5.74) is 0.145. The molecule has 0 radical (unpaired) electrons. The zero-order valence-corrected chi connectivity index (χ0v) is 12.5. The highest BCUT2D eigenvalue weighted by atomic mass is 19.1. The fourth-order valence-corrected chi connectivity index (χ4v) is 3.50. The lowest BCUT2D eigenvalue weighted by Gasteiger charge is -2.41. The molecule has 1 fully saturated rings. The number of rotatable bonds is 5. The quantitative estimate of drug-likeness (QED) is 0.846. The molecule has 1 aromatic carbocycles. The van der Waals surface area contributed by atoms with Crippen molar-refractivity contribution in [1.29, 1.82) is 0 Å². The molecular weight excluding hydrogens is 253 g/mol. The highest BCUT2D eigenvalue weighted by Gasteiger charge is 2.36.